The quantitative estimate of drug-likeness (QED) is 0.402. The Balaban J connectivity index is 2.46. The molecule has 27 heavy (non-hydrogen) atoms. The van der Waals surface area contributed by atoms with Gasteiger partial charge >= 0.3 is 5.97 Å². The average Bonchev–Trinajstić information content (AvgIpc) is 2.93. The molecule has 0 aliphatic heterocycles. The number of aromatic nitrogens is 1. The summed E-state index contributed by atoms with van der Waals surface area (Å²) in [5, 5.41) is 0.952. The Morgan fingerprint density at radius 1 is 1.04 bits per heavy atom. The van der Waals surface area contributed by atoms with E-state index < -0.39 is 12.8 Å². The Morgan fingerprint density at radius 3 is 2.07 bits per heavy atom. The first-order chi connectivity index (χ1) is 12.4. The maximum atomic E-state index is 12.6. The lowest BCUT2D eigenvalue weighted by Gasteiger charge is -2.42. The molecule has 0 aliphatic carbocycles. The summed E-state index contributed by atoms with van der Waals surface area (Å²) in [6.45, 7) is 19.9. The van der Waals surface area contributed by atoms with Crippen LogP contribution in [-0.4, -0.2) is 23.8 Å². The monoisotopic (exact) mass is 405 g/mol. The molecule has 0 atom stereocenters. The van der Waals surface area contributed by atoms with E-state index >= 15 is 0 Å². The molecule has 0 amide bonds. The Morgan fingerprint density at radius 2 is 1.59 bits per heavy atom. The molecule has 1 aromatic carbocycles. The summed E-state index contributed by atoms with van der Waals surface area (Å²) in [6, 6.07) is 6.45. The first kappa shape index (κ1) is 22.1. The van der Waals surface area contributed by atoms with Gasteiger partial charge in [0.05, 0.1) is 5.56 Å². The predicted octanol–water partition coefficient (Wildman–Crippen LogP) is 7.39. The highest BCUT2D eigenvalue weighted by molar-refractivity contribution is 8.29. The van der Waals surface area contributed by atoms with Gasteiger partial charge in [-0.2, -0.15) is 11.2 Å². The molecular weight excluding hydrogens is 370 g/mol. The minimum Gasteiger partial charge on any atom is -0.456 e. The number of hydrogen-bond donors (Lipinski definition) is 1. The lowest BCUT2D eigenvalue weighted by atomic mass is 10.1. The Hall–Kier alpha value is -1.20. The third-order valence-electron chi connectivity index (χ3n) is 5.27. The normalized spacial score (nSPS) is 13.2. The Labute approximate surface area is 169 Å². The van der Waals surface area contributed by atoms with Gasteiger partial charge in [-0.3, -0.25) is 0 Å². The molecule has 1 aromatic heterocycles. The van der Waals surface area contributed by atoms with E-state index in [0.717, 1.165) is 10.9 Å². The van der Waals surface area contributed by atoms with Crippen molar-refractivity contribution in [3.8, 4) is 0 Å². The fraction of sp³-hybridized carbons (Fsp3) is 0.591. The lowest BCUT2D eigenvalue weighted by Crippen LogP contribution is -2.40. The summed E-state index contributed by atoms with van der Waals surface area (Å²) in [6.07, 6.45) is 1.77. The van der Waals surface area contributed by atoms with Crippen molar-refractivity contribution < 1.29 is 9.53 Å². The molecule has 0 fully saturated rings. The number of benzene rings is 1. The number of hydrogen-bond acceptors (Lipinski definition) is 3. The van der Waals surface area contributed by atoms with Crippen LogP contribution < -0.4 is 0 Å². The zero-order valence-corrected chi connectivity index (χ0v) is 20.1. The van der Waals surface area contributed by atoms with E-state index in [1.54, 1.807) is 6.20 Å². The number of esters is 1. The van der Waals surface area contributed by atoms with Gasteiger partial charge in [0.25, 0.3) is 0 Å². The molecule has 0 saturated carbocycles. The van der Waals surface area contributed by atoms with Crippen LogP contribution in [0.4, 0.5) is 0 Å². The van der Waals surface area contributed by atoms with Gasteiger partial charge < -0.3 is 9.72 Å². The van der Waals surface area contributed by atoms with Crippen molar-refractivity contribution in [3.05, 3.63) is 30.0 Å². The van der Waals surface area contributed by atoms with Crippen molar-refractivity contribution in [2.24, 2.45) is 0 Å². The molecule has 0 aliphatic rings. The Kier molecular flexibility index (Phi) is 6.58. The van der Waals surface area contributed by atoms with Crippen molar-refractivity contribution in [1.29, 1.82) is 0 Å². The molecule has 1 N–H and O–H groups in total. The van der Waals surface area contributed by atoms with Gasteiger partial charge in [0.15, 0.2) is 0 Å². The molecule has 150 valence electrons. The summed E-state index contributed by atoms with van der Waals surface area (Å²) >= 11 is 2.09. The van der Waals surface area contributed by atoms with Crippen molar-refractivity contribution in [2.75, 3.05) is 0 Å². The van der Waals surface area contributed by atoms with E-state index in [4.69, 9.17) is 4.74 Å². The summed E-state index contributed by atoms with van der Waals surface area (Å²) < 4.78 is 5.59. The molecule has 0 spiro atoms. The number of carbonyl (C=O) groups is 1. The maximum absolute atomic E-state index is 12.6. The summed E-state index contributed by atoms with van der Waals surface area (Å²) in [5.41, 5.74) is 3.13. The van der Waals surface area contributed by atoms with Crippen LogP contribution in [0.5, 0.6) is 0 Å². The molecule has 1 heterocycles. The smallest absolute Gasteiger partial charge is 0.340 e. The molecular formula is C22H35NO2SSi. The van der Waals surface area contributed by atoms with E-state index in [1.165, 1.54) is 4.90 Å². The molecule has 0 unspecified atom stereocenters. The largest absolute Gasteiger partial charge is 0.456 e. The average molecular weight is 406 g/mol. The molecule has 0 bridgehead atoms. The van der Waals surface area contributed by atoms with E-state index in [2.05, 4.69) is 75.9 Å². The fourth-order valence-corrected chi connectivity index (χ4v) is 13.4. The molecule has 0 saturated heterocycles. The maximum Gasteiger partial charge on any atom is 0.340 e. The van der Waals surface area contributed by atoms with Gasteiger partial charge in [-0.25, -0.2) is 4.79 Å². The first-order valence-electron chi connectivity index (χ1n) is 9.92. The highest BCUT2D eigenvalue weighted by Crippen LogP contribution is 2.52. The van der Waals surface area contributed by atoms with Crippen LogP contribution in [0.25, 0.3) is 10.9 Å². The third kappa shape index (κ3) is 4.62. The molecule has 2 rings (SSSR count). The highest BCUT2D eigenvalue weighted by atomic mass is 32.4. The molecule has 2 aromatic rings. The second kappa shape index (κ2) is 8.04. The third-order valence-corrected chi connectivity index (χ3v) is 17.5. The van der Waals surface area contributed by atoms with Gasteiger partial charge in [-0.05, 0) is 55.6 Å². The van der Waals surface area contributed by atoms with Crippen molar-refractivity contribution in [3.63, 3.8) is 0 Å². The van der Waals surface area contributed by atoms with E-state index in [9.17, 15) is 4.79 Å². The van der Waals surface area contributed by atoms with Gasteiger partial charge in [0.2, 0.25) is 0 Å². The zero-order valence-electron chi connectivity index (χ0n) is 18.3. The van der Waals surface area contributed by atoms with Gasteiger partial charge in [-0.1, -0.05) is 41.5 Å². The van der Waals surface area contributed by atoms with Crippen LogP contribution in [0.1, 0.15) is 72.7 Å². The minimum atomic E-state index is -1.63. The van der Waals surface area contributed by atoms with E-state index in [-0.39, 0.29) is 5.97 Å². The van der Waals surface area contributed by atoms with Gasteiger partial charge in [-0.15, -0.1) is 0 Å². The molecule has 3 nitrogen and oxygen atoms in total. The Bertz CT molecular complexity index is 780. The first-order valence-corrected chi connectivity index (χ1v) is 13.7. The SMILES string of the molecule is CC(C)[Si](Sc1ccc2[nH]cc(C(=O)OC(C)(C)C)c2c1)(C(C)C)C(C)C. The van der Waals surface area contributed by atoms with Crippen LogP contribution in [0.2, 0.25) is 16.6 Å². The van der Waals surface area contributed by atoms with Crippen LogP contribution in [-0.2, 0) is 4.74 Å². The number of rotatable bonds is 6. The van der Waals surface area contributed by atoms with Crippen molar-refractivity contribution in [1.82, 2.24) is 4.98 Å². The number of ether oxygens (including phenoxy) is 1. The summed E-state index contributed by atoms with van der Waals surface area (Å²) in [5.74, 6) is -0.268. The second-order valence-corrected chi connectivity index (χ2v) is 17.9. The number of aromatic amines is 1. The van der Waals surface area contributed by atoms with Crippen LogP contribution in [0.15, 0.2) is 29.3 Å². The zero-order chi connectivity index (χ0) is 20.6. The minimum absolute atomic E-state index is 0.268. The second-order valence-electron chi connectivity index (χ2n) is 9.33. The van der Waals surface area contributed by atoms with Crippen LogP contribution in [0.3, 0.4) is 0 Å². The summed E-state index contributed by atoms with van der Waals surface area (Å²) in [7, 11) is -1.63. The van der Waals surface area contributed by atoms with E-state index in [0.29, 0.717) is 22.2 Å². The fourth-order valence-electron chi connectivity index (χ4n) is 4.22. The van der Waals surface area contributed by atoms with Crippen LogP contribution in [0, 0.1) is 0 Å². The van der Waals surface area contributed by atoms with E-state index in [1.807, 2.05) is 20.8 Å². The molecule has 0 radical (unpaired) electrons. The van der Waals surface area contributed by atoms with Gasteiger partial charge in [0, 0.05) is 22.0 Å². The van der Waals surface area contributed by atoms with Crippen molar-refractivity contribution >= 4 is 35.3 Å². The predicted molar refractivity (Wildman–Crippen MR) is 120 cm³/mol. The summed E-state index contributed by atoms with van der Waals surface area (Å²) in [4.78, 5) is 17.1. The van der Waals surface area contributed by atoms with Crippen LogP contribution >= 0.6 is 11.2 Å². The number of H-pyrrole nitrogens is 1. The standard InChI is InChI=1S/C22H35NO2SSi/c1-14(2)27(15(3)4,16(5)6)26-17-10-11-20-18(12-17)19(13-23-20)21(24)25-22(7,8)9/h10-16,23H,1-9H3. The molecule has 5 heteroatoms. The lowest BCUT2D eigenvalue weighted by molar-refractivity contribution is 0.00719. The van der Waals surface area contributed by atoms with Crippen molar-refractivity contribution in [2.45, 2.75) is 89.4 Å². The number of nitrogens with one attached hydrogen (secondary N) is 1. The number of fused-ring (bicyclic) bond motifs is 1. The number of carbonyl (C=O) groups excluding carboxylic acids is 1. The van der Waals surface area contributed by atoms with Gasteiger partial charge in [0.1, 0.15) is 12.8 Å². The topological polar surface area (TPSA) is 42.1 Å². The highest BCUT2D eigenvalue weighted by Gasteiger charge is 2.44.